The molecule has 0 atom stereocenters. The molecule has 0 N–H and O–H groups in total. The SMILES string of the molecule is COc1ccc(-c2ccc(-c3ccc(C)c(F)c3F)cc2)c(F)c1F. The van der Waals surface area contributed by atoms with E-state index in [4.69, 9.17) is 4.74 Å². The number of halogens is 4. The predicted molar refractivity (Wildman–Crippen MR) is 88.4 cm³/mol. The van der Waals surface area contributed by atoms with E-state index < -0.39 is 23.3 Å². The molecule has 0 fully saturated rings. The largest absolute Gasteiger partial charge is 0.494 e. The average Bonchev–Trinajstić information content (AvgIpc) is 2.62. The number of benzene rings is 3. The van der Waals surface area contributed by atoms with E-state index in [1.54, 1.807) is 0 Å². The van der Waals surface area contributed by atoms with Crippen LogP contribution in [0.25, 0.3) is 22.3 Å². The highest BCUT2D eigenvalue weighted by atomic mass is 19.2. The Labute approximate surface area is 142 Å². The Kier molecular flexibility index (Phi) is 4.49. The lowest BCUT2D eigenvalue weighted by molar-refractivity contribution is 0.372. The number of hydrogen-bond acceptors (Lipinski definition) is 1. The molecule has 0 heterocycles. The minimum atomic E-state index is -1.07. The Bertz CT molecular complexity index is 933. The molecule has 0 aromatic heterocycles. The Hall–Kier alpha value is -2.82. The van der Waals surface area contributed by atoms with Crippen molar-refractivity contribution in [3.8, 4) is 28.0 Å². The third-order valence-electron chi connectivity index (χ3n) is 4.05. The van der Waals surface area contributed by atoms with Gasteiger partial charge in [0.25, 0.3) is 0 Å². The molecule has 0 amide bonds. The normalized spacial score (nSPS) is 10.8. The standard InChI is InChI=1S/C20H14F4O/c1-11-3-8-14(18(22)17(11)21)12-4-6-13(7-5-12)15-9-10-16(25-2)20(24)19(15)23/h3-10H,1-2H3. The van der Waals surface area contributed by atoms with Gasteiger partial charge >= 0.3 is 0 Å². The molecule has 0 bridgehead atoms. The zero-order chi connectivity index (χ0) is 18.1. The summed E-state index contributed by atoms with van der Waals surface area (Å²) in [6.45, 7) is 1.48. The molecule has 0 saturated heterocycles. The summed E-state index contributed by atoms with van der Waals surface area (Å²) >= 11 is 0. The van der Waals surface area contributed by atoms with E-state index in [1.807, 2.05) is 0 Å². The molecule has 0 radical (unpaired) electrons. The summed E-state index contributed by atoms with van der Waals surface area (Å²) in [4.78, 5) is 0. The topological polar surface area (TPSA) is 9.23 Å². The van der Waals surface area contributed by atoms with Crippen molar-refractivity contribution in [2.24, 2.45) is 0 Å². The fourth-order valence-corrected chi connectivity index (χ4v) is 2.61. The van der Waals surface area contributed by atoms with Crippen LogP contribution in [0.5, 0.6) is 5.75 Å². The van der Waals surface area contributed by atoms with Crippen molar-refractivity contribution in [1.29, 1.82) is 0 Å². The van der Waals surface area contributed by atoms with E-state index in [2.05, 4.69) is 0 Å². The van der Waals surface area contributed by atoms with Gasteiger partial charge in [0.05, 0.1) is 7.11 Å². The lowest BCUT2D eigenvalue weighted by atomic mass is 9.98. The quantitative estimate of drug-likeness (QED) is 0.537. The summed E-state index contributed by atoms with van der Waals surface area (Å²) in [6.07, 6.45) is 0. The third-order valence-corrected chi connectivity index (χ3v) is 4.05. The van der Waals surface area contributed by atoms with Crippen LogP contribution in [0.15, 0.2) is 48.5 Å². The van der Waals surface area contributed by atoms with Crippen LogP contribution in [0, 0.1) is 30.2 Å². The first kappa shape index (κ1) is 17.0. The van der Waals surface area contributed by atoms with Gasteiger partial charge in [0.1, 0.15) is 0 Å². The van der Waals surface area contributed by atoms with Gasteiger partial charge < -0.3 is 4.74 Å². The molecule has 3 aromatic rings. The lowest BCUT2D eigenvalue weighted by Crippen LogP contribution is -1.95. The van der Waals surface area contributed by atoms with Crippen LogP contribution in [0.3, 0.4) is 0 Å². The van der Waals surface area contributed by atoms with E-state index in [0.717, 1.165) is 0 Å². The van der Waals surface area contributed by atoms with Gasteiger partial charge in [-0.15, -0.1) is 0 Å². The van der Waals surface area contributed by atoms with Crippen molar-refractivity contribution in [1.82, 2.24) is 0 Å². The maximum absolute atomic E-state index is 14.2. The van der Waals surface area contributed by atoms with Crippen molar-refractivity contribution in [2.75, 3.05) is 7.11 Å². The predicted octanol–water partition coefficient (Wildman–Crippen LogP) is 5.89. The zero-order valence-electron chi connectivity index (χ0n) is 13.5. The second kappa shape index (κ2) is 6.59. The monoisotopic (exact) mass is 346 g/mol. The van der Waals surface area contributed by atoms with Crippen LogP contribution in [0.1, 0.15) is 5.56 Å². The highest BCUT2D eigenvalue weighted by molar-refractivity contribution is 5.71. The fourth-order valence-electron chi connectivity index (χ4n) is 2.61. The minimum Gasteiger partial charge on any atom is -0.494 e. The van der Waals surface area contributed by atoms with Gasteiger partial charge in [0, 0.05) is 11.1 Å². The minimum absolute atomic E-state index is 0.0559. The summed E-state index contributed by atoms with van der Waals surface area (Å²) in [6, 6.07) is 11.8. The molecule has 3 rings (SSSR count). The van der Waals surface area contributed by atoms with E-state index in [0.29, 0.717) is 11.1 Å². The molecular formula is C20H14F4O. The number of ether oxygens (including phenoxy) is 1. The molecule has 0 unspecified atom stereocenters. The average molecular weight is 346 g/mol. The molecule has 0 aliphatic carbocycles. The van der Waals surface area contributed by atoms with E-state index in [1.165, 1.54) is 62.6 Å². The van der Waals surface area contributed by atoms with E-state index in [9.17, 15) is 17.6 Å². The second-order valence-electron chi connectivity index (χ2n) is 5.58. The van der Waals surface area contributed by atoms with Crippen molar-refractivity contribution >= 4 is 0 Å². The molecule has 128 valence electrons. The Balaban J connectivity index is 2.02. The molecule has 0 spiro atoms. The molecule has 1 nitrogen and oxygen atoms in total. The number of hydrogen-bond donors (Lipinski definition) is 0. The van der Waals surface area contributed by atoms with Gasteiger partial charge in [0.2, 0.25) is 5.82 Å². The van der Waals surface area contributed by atoms with Crippen molar-refractivity contribution in [3.63, 3.8) is 0 Å². The summed E-state index contributed by atoms with van der Waals surface area (Å²) in [5.41, 5.74) is 1.23. The second-order valence-corrected chi connectivity index (χ2v) is 5.58. The fraction of sp³-hybridized carbons (Fsp3) is 0.100. The molecule has 5 heteroatoms. The van der Waals surface area contributed by atoms with Crippen molar-refractivity contribution < 1.29 is 22.3 Å². The first-order valence-corrected chi connectivity index (χ1v) is 7.51. The summed E-state index contributed by atoms with van der Waals surface area (Å²) in [5, 5.41) is 0. The van der Waals surface area contributed by atoms with Crippen molar-refractivity contribution in [3.05, 3.63) is 77.4 Å². The van der Waals surface area contributed by atoms with Crippen molar-refractivity contribution in [2.45, 2.75) is 6.92 Å². The van der Waals surface area contributed by atoms with Gasteiger partial charge in [-0.1, -0.05) is 36.4 Å². The van der Waals surface area contributed by atoms with Crippen LogP contribution in [0.2, 0.25) is 0 Å². The van der Waals surface area contributed by atoms with Crippen LogP contribution in [0.4, 0.5) is 17.6 Å². The maximum Gasteiger partial charge on any atom is 0.201 e. The van der Waals surface area contributed by atoms with Gasteiger partial charge in [-0.05, 0) is 35.7 Å². The lowest BCUT2D eigenvalue weighted by Gasteiger charge is -2.10. The summed E-state index contributed by atoms with van der Waals surface area (Å²) in [7, 11) is 1.25. The third kappa shape index (κ3) is 2.97. The summed E-state index contributed by atoms with van der Waals surface area (Å²) in [5.74, 6) is -4.12. The Morgan fingerprint density at radius 3 is 1.60 bits per heavy atom. The molecule has 3 aromatic carbocycles. The zero-order valence-corrected chi connectivity index (χ0v) is 13.5. The molecular weight excluding hydrogens is 332 g/mol. The first-order valence-electron chi connectivity index (χ1n) is 7.51. The molecule has 0 aliphatic heterocycles. The molecule has 0 saturated carbocycles. The Morgan fingerprint density at radius 1 is 0.600 bits per heavy atom. The number of rotatable bonds is 3. The number of aryl methyl sites for hydroxylation is 1. The smallest absolute Gasteiger partial charge is 0.201 e. The molecule has 25 heavy (non-hydrogen) atoms. The Morgan fingerprint density at radius 2 is 1.08 bits per heavy atom. The highest BCUT2D eigenvalue weighted by Gasteiger charge is 2.16. The van der Waals surface area contributed by atoms with Gasteiger partial charge in [0.15, 0.2) is 23.2 Å². The maximum atomic E-state index is 14.2. The van der Waals surface area contributed by atoms with E-state index in [-0.39, 0.29) is 22.4 Å². The van der Waals surface area contributed by atoms with E-state index >= 15 is 0 Å². The summed E-state index contributed by atoms with van der Waals surface area (Å²) < 4.78 is 60.5. The van der Waals surface area contributed by atoms with Crippen LogP contribution < -0.4 is 4.74 Å². The van der Waals surface area contributed by atoms with Gasteiger partial charge in [-0.3, -0.25) is 0 Å². The highest BCUT2D eigenvalue weighted by Crippen LogP contribution is 2.32. The molecule has 0 aliphatic rings. The van der Waals surface area contributed by atoms with Gasteiger partial charge in [-0.2, -0.15) is 4.39 Å². The number of methoxy groups -OCH3 is 1. The first-order chi connectivity index (χ1) is 11.9. The van der Waals surface area contributed by atoms with Crippen LogP contribution in [-0.4, -0.2) is 7.11 Å². The van der Waals surface area contributed by atoms with Crippen LogP contribution in [-0.2, 0) is 0 Å². The van der Waals surface area contributed by atoms with Gasteiger partial charge in [-0.25, -0.2) is 13.2 Å². The van der Waals surface area contributed by atoms with Crippen LogP contribution >= 0.6 is 0 Å².